The van der Waals surface area contributed by atoms with E-state index in [1.165, 1.54) is 30.3 Å². The highest BCUT2D eigenvalue weighted by atomic mass is 16.5. The maximum Gasteiger partial charge on any atom is 0.147 e. The first-order valence-electron chi connectivity index (χ1n) is 7.49. The zero-order chi connectivity index (χ0) is 14.1. The number of benzene rings is 1. The highest BCUT2D eigenvalue weighted by molar-refractivity contribution is 5.87. The maximum absolute atomic E-state index is 6.12. The molecule has 1 saturated heterocycles. The van der Waals surface area contributed by atoms with E-state index in [9.17, 15) is 0 Å². The van der Waals surface area contributed by atoms with Crippen LogP contribution in [0.15, 0.2) is 18.3 Å². The zero-order valence-electron chi connectivity index (χ0n) is 12.6. The summed E-state index contributed by atoms with van der Waals surface area (Å²) in [5, 5.41) is 5.72. The number of hydrogen-bond donors (Lipinski definition) is 0. The number of aromatic nitrogens is 2. The molecule has 0 atom stereocenters. The number of ether oxygens (including phenoxy) is 1. The molecule has 2 heterocycles. The van der Waals surface area contributed by atoms with Crippen LogP contribution in [0, 0.1) is 6.92 Å². The van der Waals surface area contributed by atoms with Crippen molar-refractivity contribution in [3.63, 3.8) is 0 Å². The number of aryl methyl sites for hydroxylation is 2. The monoisotopic (exact) mass is 273 g/mol. The van der Waals surface area contributed by atoms with Crippen molar-refractivity contribution in [1.82, 2.24) is 14.7 Å². The first-order valence-corrected chi connectivity index (χ1v) is 7.49. The summed E-state index contributed by atoms with van der Waals surface area (Å²) < 4.78 is 7.98. The molecule has 2 aromatic rings. The van der Waals surface area contributed by atoms with Gasteiger partial charge in [0, 0.05) is 31.7 Å². The van der Waals surface area contributed by atoms with E-state index in [1.807, 2.05) is 11.7 Å². The lowest BCUT2D eigenvalue weighted by molar-refractivity contribution is 0.0202. The second kappa shape index (κ2) is 5.44. The molecule has 1 aromatic carbocycles. The van der Waals surface area contributed by atoms with Gasteiger partial charge in [0.15, 0.2) is 0 Å². The minimum atomic E-state index is 0.319. The number of unbranched alkanes of at least 4 members (excludes halogenated alkanes) is 1. The van der Waals surface area contributed by atoms with Gasteiger partial charge in [0.1, 0.15) is 17.4 Å². The van der Waals surface area contributed by atoms with Crippen LogP contribution in [0.3, 0.4) is 0 Å². The summed E-state index contributed by atoms with van der Waals surface area (Å²) in [4.78, 5) is 2.46. The SMILES string of the molecule is CCCCN1CC(Oc2ccc(C)c3cn(C)nc23)C1. The van der Waals surface area contributed by atoms with Gasteiger partial charge in [-0.15, -0.1) is 0 Å². The van der Waals surface area contributed by atoms with E-state index in [4.69, 9.17) is 4.74 Å². The third kappa shape index (κ3) is 2.52. The van der Waals surface area contributed by atoms with Gasteiger partial charge in [0.25, 0.3) is 0 Å². The quantitative estimate of drug-likeness (QED) is 0.839. The fourth-order valence-electron chi connectivity index (χ4n) is 2.76. The second-order valence-corrected chi connectivity index (χ2v) is 5.80. The molecule has 0 amide bonds. The summed E-state index contributed by atoms with van der Waals surface area (Å²) in [6.45, 7) is 7.63. The third-order valence-corrected chi connectivity index (χ3v) is 4.02. The fraction of sp³-hybridized carbons (Fsp3) is 0.562. The molecular formula is C16H23N3O. The zero-order valence-corrected chi connectivity index (χ0v) is 12.6. The highest BCUT2D eigenvalue weighted by Crippen LogP contribution is 2.29. The van der Waals surface area contributed by atoms with Crippen LogP contribution >= 0.6 is 0 Å². The molecule has 0 aliphatic carbocycles. The molecule has 0 saturated carbocycles. The van der Waals surface area contributed by atoms with Gasteiger partial charge in [0.2, 0.25) is 0 Å². The van der Waals surface area contributed by atoms with Gasteiger partial charge in [-0.2, -0.15) is 5.10 Å². The molecule has 0 radical (unpaired) electrons. The van der Waals surface area contributed by atoms with Crippen LogP contribution in [0.25, 0.3) is 10.9 Å². The van der Waals surface area contributed by atoms with Crippen molar-refractivity contribution in [1.29, 1.82) is 0 Å². The Bertz CT molecular complexity index is 599. The van der Waals surface area contributed by atoms with E-state index in [0.717, 1.165) is 24.4 Å². The number of hydrogen-bond acceptors (Lipinski definition) is 3. The van der Waals surface area contributed by atoms with E-state index in [-0.39, 0.29) is 0 Å². The van der Waals surface area contributed by atoms with Crippen molar-refractivity contribution >= 4 is 10.9 Å². The molecule has 4 nitrogen and oxygen atoms in total. The summed E-state index contributed by atoms with van der Waals surface area (Å²) in [7, 11) is 1.96. The van der Waals surface area contributed by atoms with Crippen LogP contribution < -0.4 is 4.74 Å². The lowest BCUT2D eigenvalue weighted by Crippen LogP contribution is -2.53. The van der Waals surface area contributed by atoms with E-state index >= 15 is 0 Å². The van der Waals surface area contributed by atoms with Gasteiger partial charge >= 0.3 is 0 Å². The lowest BCUT2D eigenvalue weighted by atomic mass is 10.1. The van der Waals surface area contributed by atoms with Gasteiger partial charge in [-0.1, -0.05) is 19.4 Å². The Hall–Kier alpha value is -1.55. The van der Waals surface area contributed by atoms with Crippen molar-refractivity contribution in [2.24, 2.45) is 7.05 Å². The summed E-state index contributed by atoms with van der Waals surface area (Å²) >= 11 is 0. The molecule has 108 valence electrons. The summed E-state index contributed by atoms with van der Waals surface area (Å²) in [5.41, 5.74) is 2.23. The minimum Gasteiger partial charge on any atom is -0.485 e. The molecule has 4 heteroatoms. The largest absolute Gasteiger partial charge is 0.485 e. The van der Waals surface area contributed by atoms with Crippen LogP contribution in [0.4, 0.5) is 0 Å². The molecule has 20 heavy (non-hydrogen) atoms. The first kappa shape index (κ1) is 13.4. The molecule has 0 spiro atoms. The average Bonchev–Trinajstić information content (AvgIpc) is 2.77. The van der Waals surface area contributed by atoms with Crippen molar-refractivity contribution in [2.45, 2.75) is 32.8 Å². The number of rotatable bonds is 5. The molecular weight excluding hydrogens is 250 g/mol. The number of fused-ring (bicyclic) bond motifs is 1. The standard InChI is InChI=1S/C16H23N3O/c1-4-5-8-19-9-13(10-19)20-15-7-6-12(2)14-11-18(3)17-16(14)15/h6-7,11,13H,4-5,8-10H2,1-3H3. The third-order valence-electron chi connectivity index (χ3n) is 4.02. The second-order valence-electron chi connectivity index (χ2n) is 5.80. The molecule has 0 N–H and O–H groups in total. The maximum atomic E-state index is 6.12. The van der Waals surface area contributed by atoms with Crippen LogP contribution in [0.1, 0.15) is 25.3 Å². The molecule has 0 unspecified atom stereocenters. The van der Waals surface area contributed by atoms with Gasteiger partial charge in [0.05, 0.1) is 0 Å². The van der Waals surface area contributed by atoms with Gasteiger partial charge < -0.3 is 4.74 Å². The molecule has 3 rings (SSSR count). The van der Waals surface area contributed by atoms with Crippen LogP contribution in [0.5, 0.6) is 5.75 Å². The van der Waals surface area contributed by atoms with Crippen LogP contribution in [-0.4, -0.2) is 40.4 Å². The van der Waals surface area contributed by atoms with Crippen LogP contribution in [0.2, 0.25) is 0 Å². The normalized spacial score (nSPS) is 16.6. The lowest BCUT2D eigenvalue weighted by Gasteiger charge is -2.39. The average molecular weight is 273 g/mol. The first-order chi connectivity index (χ1) is 9.67. The van der Waals surface area contributed by atoms with E-state index in [2.05, 4.69) is 42.2 Å². The van der Waals surface area contributed by atoms with Gasteiger partial charge in [-0.25, -0.2) is 0 Å². The predicted molar refractivity (Wildman–Crippen MR) is 81.2 cm³/mol. The molecule has 1 aliphatic rings. The Morgan fingerprint density at radius 2 is 2.15 bits per heavy atom. The predicted octanol–water partition coefficient (Wildman–Crippen LogP) is 2.74. The topological polar surface area (TPSA) is 30.3 Å². The molecule has 1 fully saturated rings. The Kier molecular flexibility index (Phi) is 3.66. The van der Waals surface area contributed by atoms with Gasteiger partial charge in [-0.05, 0) is 31.5 Å². The Morgan fingerprint density at radius 3 is 2.90 bits per heavy atom. The smallest absolute Gasteiger partial charge is 0.147 e. The van der Waals surface area contributed by atoms with E-state index in [0.29, 0.717) is 6.10 Å². The Labute approximate surface area is 120 Å². The Balaban J connectivity index is 1.69. The molecule has 0 bridgehead atoms. The van der Waals surface area contributed by atoms with Gasteiger partial charge in [-0.3, -0.25) is 9.58 Å². The van der Waals surface area contributed by atoms with Crippen molar-refractivity contribution < 1.29 is 4.74 Å². The summed E-state index contributed by atoms with van der Waals surface area (Å²) in [6, 6.07) is 4.17. The Morgan fingerprint density at radius 1 is 1.35 bits per heavy atom. The summed E-state index contributed by atoms with van der Waals surface area (Å²) in [6.07, 6.45) is 4.92. The highest BCUT2D eigenvalue weighted by Gasteiger charge is 2.28. The minimum absolute atomic E-state index is 0.319. The summed E-state index contributed by atoms with van der Waals surface area (Å²) in [5.74, 6) is 0.923. The molecule has 1 aromatic heterocycles. The van der Waals surface area contributed by atoms with Crippen molar-refractivity contribution in [3.8, 4) is 5.75 Å². The number of nitrogens with zero attached hydrogens (tertiary/aromatic N) is 3. The fourth-order valence-corrected chi connectivity index (χ4v) is 2.76. The van der Waals surface area contributed by atoms with Crippen LogP contribution in [-0.2, 0) is 7.05 Å². The van der Waals surface area contributed by atoms with Crippen molar-refractivity contribution in [2.75, 3.05) is 19.6 Å². The van der Waals surface area contributed by atoms with E-state index < -0.39 is 0 Å². The van der Waals surface area contributed by atoms with Crippen molar-refractivity contribution in [3.05, 3.63) is 23.9 Å². The molecule has 1 aliphatic heterocycles. The number of likely N-dealkylation sites (tertiary alicyclic amines) is 1. The van der Waals surface area contributed by atoms with E-state index in [1.54, 1.807) is 0 Å².